The predicted octanol–water partition coefficient (Wildman–Crippen LogP) is 3.02. The standard InChI is InChI=1S/C15H23NO2/c1-4-5-10-16(3)15(17)9-11-18-14-8-6-7-13(2)12-14/h6-8,12H,4-5,9-11H2,1-3H3. The van der Waals surface area contributed by atoms with Crippen LogP contribution in [0.5, 0.6) is 5.75 Å². The van der Waals surface area contributed by atoms with Gasteiger partial charge in [0.05, 0.1) is 13.0 Å². The Balaban J connectivity index is 2.27. The minimum Gasteiger partial charge on any atom is -0.493 e. The summed E-state index contributed by atoms with van der Waals surface area (Å²) in [6.45, 7) is 5.42. The number of carbonyl (C=O) groups is 1. The highest BCUT2D eigenvalue weighted by atomic mass is 16.5. The van der Waals surface area contributed by atoms with Crippen molar-refractivity contribution in [2.24, 2.45) is 0 Å². The zero-order valence-electron chi connectivity index (χ0n) is 11.6. The van der Waals surface area contributed by atoms with Crippen LogP contribution in [0.15, 0.2) is 24.3 Å². The molecule has 0 saturated carbocycles. The van der Waals surface area contributed by atoms with Crippen LogP contribution in [0.1, 0.15) is 31.7 Å². The van der Waals surface area contributed by atoms with Crippen LogP contribution >= 0.6 is 0 Å². The molecule has 0 saturated heterocycles. The second kappa shape index (κ2) is 7.75. The third-order valence-corrected chi connectivity index (χ3v) is 2.85. The summed E-state index contributed by atoms with van der Waals surface area (Å²) in [5.74, 6) is 0.982. The highest BCUT2D eigenvalue weighted by molar-refractivity contribution is 5.75. The van der Waals surface area contributed by atoms with Crippen molar-refractivity contribution < 1.29 is 9.53 Å². The zero-order valence-corrected chi connectivity index (χ0v) is 11.6. The molecule has 0 N–H and O–H groups in total. The summed E-state index contributed by atoms with van der Waals surface area (Å²) in [7, 11) is 1.85. The Morgan fingerprint density at radius 3 is 2.83 bits per heavy atom. The van der Waals surface area contributed by atoms with Gasteiger partial charge in [-0.3, -0.25) is 4.79 Å². The number of nitrogens with zero attached hydrogens (tertiary/aromatic N) is 1. The van der Waals surface area contributed by atoms with E-state index in [-0.39, 0.29) is 5.91 Å². The Bertz CT molecular complexity index is 377. The number of benzene rings is 1. The van der Waals surface area contributed by atoms with Crippen LogP contribution in [0.2, 0.25) is 0 Å². The van der Waals surface area contributed by atoms with E-state index in [4.69, 9.17) is 4.74 Å². The van der Waals surface area contributed by atoms with Crippen LogP contribution in [-0.4, -0.2) is 31.0 Å². The maximum atomic E-state index is 11.8. The van der Waals surface area contributed by atoms with Crippen LogP contribution in [0.4, 0.5) is 0 Å². The molecule has 18 heavy (non-hydrogen) atoms. The van der Waals surface area contributed by atoms with Crippen molar-refractivity contribution in [3.05, 3.63) is 29.8 Å². The van der Waals surface area contributed by atoms with Crippen LogP contribution in [0.25, 0.3) is 0 Å². The predicted molar refractivity (Wildman–Crippen MR) is 73.8 cm³/mol. The second-order valence-electron chi connectivity index (χ2n) is 4.58. The van der Waals surface area contributed by atoms with E-state index >= 15 is 0 Å². The largest absolute Gasteiger partial charge is 0.493 e. The summed E-state index contributed by atoms with van der Waals surface area (Å²) in [4.78, 5) is 13.5. The van der Waals surface area contributed by atoms with Crippen molar-refractivity contribution in [3.63, 3.8) is 0 Å². The van der Waals surface area contributed by atoms with Gasteiger partial charge in [0, 0.05) is 13.6 Å². The van der Waals surface area contributed by atoms with Crippen LogP contribution in [-0.2, 0) is 4.79 Å². The monoisotopic (exact) mass is 249 g/mol. The molecule has 0 bridgehead atoms. The number of carbonyl (C=O) groups excluding carboxylic acids is 1. The van der Waals surface area contributed by atoms with Crippen molar-refractivity contribution in [1.82, 2.24) is 4.90 Å². The number of unbranched alkanes of at least 4 members (excludes halogenated alkanes) is 1. The summed E-state index contributed by atoms with van der Waals surface area (Å²) in [6.07, 6.45) is 2.60. The van der Waals surface area contributed by atoms with Crippen LogP contribution in [0.3, 0.4) is 0 Å². The molecule has 1 amide bonds. The molecule has 0 unspecified atom stereocenters. The topological polar surface area (TPSA) is 29.5 Å². The summed E-state index contributed by atoms with van der Waals surface area (Å²) < 4.78 is 5.56. The van der Waals surface area contributed by atoms with E-state index in [9.17, 15) is 4.79 Å². The number of aryl methyl sites for hydroxylation is 1. The maximum Gasteiger partial charge on any atom is 0.225 e. The molecular weight excluding hydrogens is 226 g/mol. The first-order valence-electron chi connectivity index (χ1n) is 6.57. The number of amides is 1. The highest BCUT2D eigenvalue weighted by Gasteiger charge is 2.07. The second-order valence-corrected chi connectivity index (χ2v) is 4.58. The lowest BCUT2D eigenvalue weighted by Crippen LogP contribution is -2.28. The van der Waals surface area contributed by atoms with Crippen molar-refractivity contribution >= 4 is 5.91 Å². The highest BCUT2D eigenvalue weighted by Crippen LogP contribution is 2.12. The van der Waals surface area contributed by atoms with Crippen LogP contribution < -0.4 is 4.74 Å². The Labute approximate surface area is 110 Å². The van der Waals surface area contributed by atoms with Gasteiger partial charge in [0.15, 0.2) is 0 Å². The molecule has 3 heteroatoms. The summed E-state index contributed by atoms with van der Waals surface area (Å²) in [5.41, 5.74) is 1.17. The van der Waals surface area contributed by atoms with Gasteiger partial charge in [-0.2, -0.15) is 0 Å². The van der Waals surface area contributed by atoms with E-state index < -0.39 is 0 Å². The minimum atomic E-state index is 0.149. The average molecular weight is 249 g/mol. The number of ether oxygens (including phenoxy) is 1. The Hall–Kier alpha value is -1.51. The third kappa shape index (κ3) is 5.21. The van der Waals surface area contributed by atoms with Gasteiger partial charge in [-0.15, -0.1) is 0 Å². The van der Waals surface area contributed by atoms with Gasteiger partial charge in [-0.25, -0.2) is 0 Å². The van der Waals surface area contributed by atoms with E-state index in [0.717, 1.165) is 25.1 Å². The first-order valence-corrected chi connectivity index (χ1v) is 6.57. The quantitative estimate of drug-likeness (QED) is 0.743. The normalized spacial score (nSPS) is 10.2. The van der Waals surface area contributed by atoms with Crippen molar-refractivity contribution in [1.29, 1.82) is 0 Å². The number of hydrogen-bond acceptors (Lipinski definition) is 2. The molecule has 1 aromatic carbocycles. The lowest BCUT2D eigenvalue weighted by molar-refractivity contribution is -0.130. The maximum absolute atomic E-state index is 11.8. The van der Waals surface area contributed by atoms with Crippen molar-refractivity contribution in [3.8, 4) is 5.75 Å². The van der Waals surface area contributed by atoms with Gasteiger partial charge < -0.3 is 9.64 Å². The summed E-state index contributed by atoms with van der Waals surface area (Å²) in [5, 5.41) is 0. The Morgan fingerprint density at radius 1 is 1.39 bits per heavy atom. The fraction of sp³-hybridized carbons (Fsp3) is 0.533. The SMILES string of the molecule is CCCCN(C)C(=O)CCOc1cccc(C)c1. The Morgan fingerprint density at radius 2 is 2.17 bits per heavy atom. The molecule has 0 spiro atoms. The van der Waals surface area contributed by atoms with E-state index in [1.165, 1.54) is 5.56 Å². The smallest absolute Gasteiger partial charge is 0.225 e. The van der Waals surface area contributed by atoms with Gasteiger partial charge in [0.1, 0.15) is 5.75 Å². The van der Waals surface area contributed by atoms with Gasteiger partial charge in [-0.1, -0.05) is 25.5 Å². The fourth-order valence-electron chi connectivity index (χ4n) is 1.67. The molecule has 0 aromatic heterocycles. The first-order chi connectivity index (χ1) is 8.63. The summed E-state index contributed by atoms with van der Waals surface area (Å²) in [6, 6.07) is 7.87. The molecule has 0 fully saturated rings. The Kier molecular flexibility index (Phi) is 6.26. The molecule has 0 aliphatic carbocycles. The molecular formula is C15H23NO2. The molecule has 1 rings (SSSR count). The molecule has 0 atom stereocenters. The number of hydrogen-bond donors (Lipinski definition) is 0. The molecule has 0 radical (unpaired) electrons. The van der Waals surface area contributed by atoms with Gasteiger partial charge in [0.2, 0.25) is 5.91 Å². The molecule has 0 aliphatic heterocycles. The fourth-order valence-corrected chi connectivity index (χ4v) is 1.67. The average Bonchev–Trinajstić information content (AvgIpc) is 2.35. The minimum absolute atomic E-state index is 0.149. The van der Waals surface area contributed by atoms with Crippen LogP contribution in [0, 0.1) is 6.92 Å². The molecule has 1 aromatic rings. The molecule has 0 aliphatic rings. The van der Waals surface area contributed by atoms with Gasteiger partial charge >= 0.3 is 0 Å². The first kappa shape index (κ1) is 14.6. The van der Waals surface area contributed by atoms with E-state index in [0.29, 0.717) is 13.0 Å². The van der Waals surface area contributed by atoms with Crippen molar-refractivity contribution in [2.45, 2.75) is 33.1 Å². The third-order valence-electron chi connectivity index (χ3n) is 2.85. The number of rotatable bonds is 7. The zero-order chi connectivity index (χ0) is 13.4. The molecule has 0 heterocycles. The van der Waals surface area contributed by atoms with Gasteiger partial charge in [0.25, 0.3) is 0 Å². The summed E-state index contributed by atoms with van der Waals surface area (Å²) >= 11 is 0. The van der Waals surface area contributed by atoms with Crippen molar-refractivity contribution in [2.75, 3.05) is 20.2 Å². The molecule has 100 valence electrons. The van der Waals surface area contributed by atoms with Gasteiger partial charge in [-0.05, 0) is 31.0 Å². The lowest BCUT2D eigenvalue weighted by atomic mass is 10.2. The van der Waals surface area contributed by atoms with E-state index in [1.807, 2.05) is 38.2 Å². The molecule has 3 nitrogen and oxygen atoms in total. The van der Waals surface area contributed by atoms with E-state index in [1.54, 1.807) is 4.90 Å². The van der Waals surface area contributed by atoms with E-state index in [2.05, 4.69) is 6.92 Å². The lowest BCUT2D eigenvalue weighted by Gasteiger charge is -2.16.